The van der Waals surface area contributed by atoms with E-state index >= 15 is 0 Å². The first kappa shape index (κ1) is 13.6. The van der Waals surface area contributed by atoms with Gasteiger partial charge in [-0.1, -0.05) is 6.92 Å². The highest BCUT2D eigenvalue weighted by molar-refractivity contribution is 5.67. The zero-order chi connectivity index (χ0) is 14.7. The van der Waals surface area contributed by atoms with E-state index in [2.05, 4.69) is 17.2 Å². The van der Waals surface area contributed by atoms with Gasteiger partial charge in [0.25, 0.3) is 0 Å². The fraction of sp³-hybridized carbons (Fsp3) is 0.333. The number of oxazole rings is 1. The molecule has 0 atom stereocenters. The van der Waals surface area contributed by atoms with Gasteiger partial charge in [0, 0.05) is 6.20 Å². The van der Waals surface area contributed by atoms with Crippen LogP contribution in [-0.4, -0.2) is 16.1 Å². The second-order valence-electron chi connectivity index (χ2n) is 4.82. The molecular weight excluding hydrogens is 270 g/mol. The minimum Gasteiger partial charge on any atom is -0.463 e. The molecule has 110 valence electrons. The quantitative estimate of drug-likeness (QED) is 0.703. The van der Waals surface area contributed by atoms with Crippen LogP contribution in [-0.2, 0) is 13.1 Å². The van der Waals surface area contributed by atoms with Gasteiger partial charge in [0.05, 0.1) is 13.1 Å². The molecule has 0 saturated carbocycles. The number of rotatable bonds is 6. The van der Waals surface area contributed by atoms with Gasteiger partial charge < -0.3 is 14.2 Å². The lowest BCUT2D eigenvalue weighted by Crippen LogP contribution is -2.15. The van der Waals surface area contributed by atoms with E-state index in [9.17, 15) is 4.79 Å². The normalized spacial score (nSPS) is 11.3. The second kappa shape index (κ2) is 5.97. The Hall–Kier alpha value is -2.34. The molecule has 0 fully saturated rings. The lowest BCUT2D eigenvalue weighted by atomic mass is 10.4. The van der Waals surface area contributed by atoms with Gasteiger partial charge in [-0.3, -0.25) is 4.57 Å². The maximum absolute atomic E-state index is 11.9. The van der Waals surface area contributed by atoms with Gasteiger partial charge in [0.1, 0.15) is 11.5 Å². The second-order valence-corrected chi connectivity index (χ2v) is 4.82. The van der Waals surface area contributed by atoms with Gasteiger partial charge in [0.15, 0.2) is 11.2 Å². The molecule has 3 rings (SSSR count). The maximum Gasteiger partial charge on any atom is 0.421 e. The first-order chi connectivity index (χ1) is 10.3. The topological polar surface area (TPSA) is 73.2 Å². The van der Waals surface area contributed by atoms with Crippen molar-refractivity contribution in [1.29, 1.82) is 0 Å². The zero-order valence-electron chi connectivity index (χ0n) is 11.8. The van der Waals surface area contributed by atoms with Gasteiger partial charge in [-0.25, -0.2) is 9.78 Å². The summed E-state index contributed by atoms with van der Waals surface area (Å²) in [5.74, 6) is 1.14. The molecule has 0 spiro atoms. The third kappa shape index (κ3) is 2.90. The van der Waals surface area contributed by atoms with Crippen molar-refractivity contribution in [2.75, 3.05) is 6.54 Å². The smallest absolute Gasteiger partial charge is 0.421 e. The molecule has 6 heteroatoms. The lowest BCUT2D eigenvalue weighted by Gasteiger charge is -2.00. The molecule has 1 N–H and O–H groups in total. The first-order valence-corrected chi connectivity index (χ1v) is 7.00. The molecule has 0 unspecified atom stereocenters. The van der Waals surface area contributed by atoms with Crippen molar-refractivity contribution in [1.82, 2.24) is 14.9 Å². The summed E-state index contributed by atoms with van der Waals surface area (Å²) in [6.07, 6.45) is 2.71. The summed E-state index contributed by atoms with van der Waals surface area (Å²) in [5, 5.41) is 3.27. The predicted octanol–water partition coefficient (Wildman–Crippen LogP) is 2.13. The summed E-state index contributed by atoms with van der Waals surface area (Å²) in [6.45, 7) is 4.07. The largest absolute Gasteiger partial charge is 0.463 e. The molecule has 0 amide bonds. The Morgan fingerprint density at radius 1 is 1.24 bits per heavy atom. The number of furan rings is 1. The van der Waals surface area contributed by atoms with Gasteiger partial charge >= 0.3 is 5.76 Å². The monoisotopic (exact) mass is 287 g/mol. The van der Waals surface area contributed by atoms with Crippen LogP contribution in [0.25, 0.3) is 11.2 Å². The summed E-state index contributed by atoms with van der Waals surface area (Å²) < 4.78 is 12.3. The predicted molar refractivity (Wildman–Crippen MR) is 78.1 cm³/mol. The number of aromatic nitrogens is 2. The highest BCUT2D eigenvalue weighted by atomic mass is 16.4. The van der Waals surface area contributed by atoms with Crippen LogP contribution in [0.3, 0.4) is 0 Å². The lowest BCUT2D eigenvalue weighted by molar-refractivity contribution is 0.427. The standard InChI is InChI=1S/C15H17N3O3/c1-2-7-16-9-11-5-6-12(20-11)10-18-14-13(21-15(18)19)4-3-8-17-14/h3-6,8,16H,2,7,9-10H2,1H3. The van der Waals surface area contributed by atoms with Crippen molar-refractivity contribution < 1.29 is 8.83 Å². The van der Waals surface area contributed by atoms with E-state index in [1.165, 1.54) is 4.57 Å². The molecule has 0 aliphatic heterocycles. The zero-order valence-corrected chi connectivity index (χ0v) is 11.8. The minimum atomic E-state index is -0.425. The Kier molecular flexibility index (Phi) is 3.87. The molecule has 0 bridgehead atoms. The summed E-state index contributed by atoms with van der Waals surface area (Å²) in [5.41, 5.74) is 1.02. The van der Waals surface area contributed by atoms with Crippen LogP contribution < -0.4 is 11.1 Å². The average molecular weight is 287 g/mol. The van der Waals surface area contributed by atoms with Crippen molar-refractivity contribution in [2.45, 2.75) is 26.4 Å². The molecule has 3 aromatic heterocycles. The number of nitrogens with one attached hydrogen (secondary N) is 1. The van der Waals surface area contributed by atoms with Crippen molar-refractivity contribution in [3.8, 4) is 0 Å². The van der Waals surface area contributed by atoms with Crippen molar-refractivity contribution in [3.05, 3.63) is 52.5 Å². The molecule has 3 heterocycles. The van der Waals surface area contributed by atoms with E-state index in [-0.39, 0.29) is 0 Å². The van der Waals surface area contributed by atoms with E-state index < -0.39 is 5.76 Å². The van der Waals surface area contributed by atoms with E-state index in [0.717, 1.165) is 18.7 Å². The van der Waals surface area contributed by atoms with Crippen LogP contribution in [0.4, 0.5) is 0 Å². The fourth-order valence-electron chi connectivity index (χ4n) is 2.19. The third-order valence-electron chi connectivity index (χ3n) is 3.18. The van der Waals surface area contributed by atoms with Crippen molar-refractivity contribution in [2.24, 2.45) is 0 Å². The molecule has 0 saturated heterocycles. The van der Waals surface area contributed by atoms with E-state index in [4.69, 9.17) is 8.83 Å². The van der Waals surface area contributed by atoms with Gasteiger partial charge in [0.2, 0.25) is 0 Å². The molecule has 0 aromatic carbocycles. The summed E-state index contributed by atoms with van der Waals surface area (Å²) in [4.78, 5) is 16.0. The minimum absolute atomic E-state index is 0.316. The molecule has 3 aromatic rings. The Balaban J connectivity index is 1.79. The number of pyridine rings is 1. The fourth-order valence-corrected chi connectivity index (χ4v) is 2.19. The maximum atomic E-state index is 11.9. The Bertz CT molecular complexity index is 785. The van der Waals surface area contributed by atoms with E-state index in [0.29, 0.717) is 30.1 Å². The Labute approximate surface area is 121 Å². The van der Waals surface area contributed by atoms with E-state index in [1.54, 1.807) is 18.3 Å². The van der Waals surface area contributed by atoms with Crippen molar-refractivity contribution >= 4 is 11.2 Å². The molecule has 21 heavy (non-hydrogen) atoms. The number of hydrogen-bond donors (Lipinski definition) is 1. The number of nitrogens with zero attached hydrogens (tertiary/aromatic N) is 2. The van der Waals surface area contributed by atoms with Crippen LogP contribution in [0.5, 0.6) is 0 Å². The van der Waals surface area contributed by atoms with Crippen molar-refractivity contribution in [3.63, 3.8) is 0 Å². The number of hydrogen-bond acceptors (Lipinski definition) is 5. The highest BCUT2D eigenvalue weighted by Gasteiger charge is 2.12. The van der Waals surface area contributed by atoms with Gasteiger partial charge in [-0.15, -0.1) is 0 Å². The van der Waals surface area contributed by atoms with E-state index in [1.807, 2.05) is 12.1 Å². The van der Waals surface area contributed by atoms with Crippen LogP contribution in [0.15, 0.2) is 44.1 Å². The summed E-state index contributed by atoms with van der Waals surface area (Å²) in [7, 11) is 0. The third-order valence-corrected chi connectivity index (χ3v) is 3.18. The summed E-state index contributed by atoms with van der Waals surface area (Å²) >= 11 is 0. The van der Waals surface area contributed by atoms with Crippen LogP contribution in [0.2, 0.25) is 0 Å². The average Bonchev–Trinajstić information content (AvgIpc) is 3.05. The Morgan fingerprint density at radius 2 is 2.10 bits per heavy atom. The molecule has 6 nitrogen and oxygen atoms in total. The molecule has 0 radical (unpaired) electrons. The molecular formula is C15H17N3O3. The highest BCUT2D eigenvalue weighted by Crippen LogP contribution is 2.13. The van der Waals surface area contributed by atoms with Crippen LogP contribution >= 0.6 is 0 Å². The van der Waals surface area contributed by atoms with Gasteiger partial charge in [-0.05, 0) is 37.2 Å². The summed E-state index contributed by atoms with van der Waals surface area (Å²) in [6, 6.07) is 7.25. The van der Waals surface area contributed by atoms with Crippen LogP contribution in [0.1, 0.15) is 24.9 Å². The van der Waals surface area contributed by atoms with Gasteiger partial charge in [-0.2, -0.15) is 0 Å². The molecule has 0 aliphatic rings. The van der Waals surface area contributed by atoms with Crippen LogP contribution in [0, 0.1) is 0 Å². The number of fused-ring (bicyclic) bond motifs is 1. The SMILES string of the molecule is CCCNCc1ccc(Cn2c(=O)oc3cccnc32)o1. The first-order valence-electron chi connectivity index (χ1n) is 7.00. The molecule has 0 aliphatic carbocycles. The Morgan fingerprint density at radius 3 is 2.95 bits per heavy atom.